The molecule has 0 fully saturated rings. The second kappa shape index (κ2) is 4.39. The standard InChI is InChI=1S/C10H9FN2/c11-10-4-2-1-3-9(10)5-8(6-12)7-13/h1-5H,6,12H2/b8-5+. The quantitative estimate of drug-likeness (QED) is 0.697. The second-order valence-electron chi connectivity index (χ2n) is 2.51. The largest absolute Gasteiger partial charge is 0.326 e. The highest BCUT2D eigenvalue weighted by Gasteiger charge is 1.98. The fourth-order valence-electron chi connectivity index (χ4n) is 0.917. The molecule has 0 aliphatic heterocycles. The minimum absolute atomic E-state index is 0.130. The van der Waals surface area contributed by atoms with Crippen molar-refractivity contribution in [3.05, 3.63) is 41.2 Å². The molecule has 0 radical (unpaired) electrons. The van der Waals surface area contributed by atoms with E-state index in [-0.39, 0.29) is 12.4 Å². The smallest absolute Gasteiger partial charge is 0.130 e. The minimum atomic E-state index is -0.344. The minimum Gasteiger partial charge on any atom is -0.326 e. The Morgan fingerprint density at radius 3 is 2.77 bits per heavy atom. The maximum Gasteiger partial charge on any atom is 0.130 e. The Balaban J connectivity index is 3.04. The third kappa shape index (κ3) is 2.39. The van der Waals surface area contributed by atoms with Gasteiger partial charge in [-0.25, -0.2) is 4.39 Å². The van der Waals surface area contributed by atoms with Crippen molar-refractivity contribution in [2.75, 3.05) is 6.54 Å². The van der Waals surface area contributed by atoms with E-state index in [1.807, 2.05) is 6.07 Å². The van der Waals surface area contributed by atoms with Crippen molar-refractivity contribution in [2.45, 2.75) is 0 Å². The van der Waals surface area contributed by atoms with E-state index < -0.39 is 0 Å². The molecule has 0 saturated carbocycles. The first-order valence-corrected chi connectivity index (χ1v) is 3.83. The zero-order chi connectivity index (χ0) is 9.68. The zero-order valence-electron chi connectivity index (χ0n) is 7.00. The van der Waals surface area contributed by atoms with Crippen LogP contribution in [0.2, 0.25) is 0 Å². The monoisotopic (exact) mass is 176 g/mol. The second-order valence-corrected chi connectivity index (χ2v) is 2.51. The summed E-state index contributed by atoms with van der Waals surface area (Å²) in [6.45, 7) is 0.130. The number of hydrogen-bond donors (Lipinski definition) is 1. The normalized spacial score (nSPS) is 11.0. The molecule has 2 nitrogen and oxygen atoms in total. The van der Waals surface area contributed by atoms with E-state index in [0.29, 0.717) is 11.1 Å². The summed E-state index contributed by atoms with van der Waals surface area (Å²) < 4.78 is 13.0. The molecule has 0 spiro atoms. The van der Waals surface area contributed by atoms with Gasteiger partial charge < -0.3 is 5.73 Å². The Bertz CT molecular complexity index is 363. The van der Waals surface area contributed by atoms with Gasteiger partial charge in [0, 0.05) is 17.7 Å². The average Bonchev–Trinajstić information content (AvgIpc) is 2.17. The van der Waals surface area contributed by atoms with Gasteiger partial charge in [0.15, 0.2) is 0 Å². The summed E-state index contributed by atoms with van der Waals surface area (Å²) in [5.41, 5.74) is 6.03. The van der Waals surface area contributed by atoms with Crippen LogP contribution < -0.4 is 5.73 Å². The van der Waals surface area contributed by atoms with E-state index in [0.717, 1.165) is 0 Å². The fraction of sp³-hybridized carbons (Fsp3) is 0.100. The van der Waals surface area contributed by atoms with Gasteiger partial charge in [-0.1, -0.05) is 18.2 Å². The van der Waals surface area contributed by atoms with Gasteiger partial charge in [-0.05, 0) is 12.1 Å². The molecule has 1 aromatic carbocycles. The molecule has 1 aromatic rings. The van der Waals surface area contributed by atoms with E-state index in [4.69, 9.17) is 11.0 Å². The SMILES string of the molecule is N#C/C(=C/c1ccccc1F)CN. The van der Waals surface area contributed by atoms with Gasteiger partial charge in [0.2, 0.25) is 0 Å². The van der Waals surface area contributed by atoms with E-state index >= 15 is 0 Å². The van der Waals surface area contributed by atoms with E-state index in [2.05, 4.69) is 0 Å². The lowest BCUT2D eigenvalue weighted by atomic mass is 10.1. The van der Waals surface area contributed by atoms with Crippen LogP contribution in [0.15, 0.2) is 29.8 Å². The van der Waals surface area contributed by atoms with Crippen LogP contribution in [0, 0.1) is 17.1 Å². The van der Waals surface area contributed by atoms with Crippen LogP contribution in [0.25, 0.3) is 6.08 Å². The van der Waals surface area contributed by atoms with Gasteiger partial charge in [-0.3, -0.25) is 0 Å². The Labute approximate surface area is 76.1 Å². The molecule has 0 bridgehead atoms. The van der Waals surface area contributed by atoms with E-state index in [9.17, 15) is 4.39 Å². The van der Waals surface area contributed by atoms with Crippen molar-refractivity contribution in [1.29, 1.82) is 5.26 Å². The van der Waals surface area contributed by atoms with Crippen molar-refractivity contribution in [3.63, 3.8) is 0 Å². The summed E-state index contributed by atoms with van der Waals surface area (Å²) in [5.74, 6) is -0.344. The number of hydrogen-bond acceptors (Lipinski definition) is 2. The number of nitrogens with zero attached hydrogens (tertiary/aromatic N) is 1. The van der Waals surface area contributed by atoms with Gasteiger partial charge in [-0.2, -0.15) is 5.26 Å². The molecule has 0 atom stereocenters. The lowest BCUT2D eigenvalue weighted by Gasteiger charge is -1.96. The molecule has 0 aliphatic rings. The van der Waals surface area contributed by atoms with Gasteiger partial charge in [0.25, 0.3) is 0 Å². The Kier molecular flexibility index (Phi) is 3.18. The highest BCUT2D eigenvalue weighted by Crippen LogP contribution is 2.10. The number of rotatable bonds is 2. The lowest BCUT2D eigenvalue weighted by Crippen LogP contribution is -2.00. The molecule has 66 valence electrons. The maximum absolute atomic E-state index is 13.0. The Morgan fingerprint density at radius 2 is 2.23 bits per heavy atom. The Hall–Kier alpha value is -1.66. The van der Waals surface area contributed by atoms with Gasteiger partial charge >= 0.3 is 0 Å². The molecule has 0 aromatic heterocycles. The molecule has 2 N–H and O–H groups in total. The van der Waals surface area contributed by atoms with Crippen LogP contribution in [0.5, 0.6) is 0 Å². The molecule has 13 heavy (non-hydrogen) atoms. The maximum atomic E-state index is 13.0. The summed E-state index contributed by atoms with van der Waals surface area (Å²) in [4.78, 5) is 0. The fourth-order valence-corrected chi connectivity index (χ4v) is 0.917. The van der Waals surface area contributed by atoms with Crippen molar-refractivity contribution in [3.8, 4) is 6.07 Å². The van der Waals surface area contributed by atoms with Crippen molar-refractivity contribution in [2.24, 2.45) is 5.73 Å². The molecule has 0 saturated heterocycles. The average molecular weight is 176 g/mol. The third-order valence-electron chi connectivity index (χ3n) is 1.60. The molecule has 3 heteroatoms. The van der Waals surface area contributed by atoms with Crippen molar-refractivity contribution >= 4 is 6.08 Å². The molecule has 0 amide bonds. The number of nitriles is 1. The number of benzene rings is 1. The first kappa shape index (κ1) is 9.43. The lowest BCUT2D eigenvalue weighted by molar-refractivity contribution is 0.625. The molecule has 0 aliphatic carbocycles. The molecular weight excluding hydrogens is 167 g/mol. The number of halogens is 1. The highest BCUT2D eigenvalue weighted by atomic mass is 19.1. The zero-order valence-corrected chi connectivity index (χ0v) is 7.00. The third-order valence-corrected chi connectivity index (χ3v) is 1.60. The summed E-state index contributed by atoms with van der Waals surface area (Å²) in [6.07, 6.45) is 1.45. The highest BCUT2D eigenvalue weighted by molar-refractivity contribution is 5.57. The van der Waals surface area contributed by atoms with Crippen LogP contribution in [-0.2, 0) is 0 Å². The van der Waals surface area contributed by atoms with Crippen molar-refractivity contribution in [1.82, 2.24) is 0 Å². The summed E-state index contributed by atoms with van der Waals surface area (Å²) in [6, 6.07) is 8.15. The molecule has 0 unspecified atom stereocenters. The number of nitrogens with two attached hydrogens (primary N) is 1. The van der Waals surface area contributed by atoms with Crippen LogP contribution in [0.3, 0.4) is 0 Å². The summed E-state index contributed by atoms with van der Waals surface area (Å²) in [5, 5.41) is 8.56. The summed E-state index contributed by atoms with van der Waals surface area (Å²) in [7, 11) is 0. The first-order chi connectivity index (χ1) is 6.27. The molecular formula is C10H9FN2. The van der Waals surface area contributed by atoms with Crippen molar-refractivity contribution < 1.29 is 4.39 Å². The van der Waals surface area contributed by atoms with Crippen LogP contribution in [0.4, 0.5) is 4.39 Å². The summed E-state index contributed by atoms with van der Waals surface area (Å²) >= 11 is 0. The van der Waals surface area contributed by atoms with Gasteiger partial charge in [-0.15, -0.1) is 0 Å². The predicted molar refractivity (Wildman–Crippen MR) is 49.0 cm³/mol. The molecule has 1 rings (SSSR count). The van der Waals surface area contributed by atoms with Gasteiger partial charge in [0.1, 0.15) is 5.82 Å². The predicted octanol–water partition coefficient (Wildman–Crippen LogP) is 1.69. The molecule has 0 heterocycles. The first-order valence-electron chi connectivity index (χ1n) is 3.83. The van der Waals surface area contributed by atoms with Crippen LogP contribution in [-0.4, -0.2) is 6.54 Å². The van der Waals surface area contributed by atoms with E-state index in [1.165, 1.54) is 12.1 Å². The Morgan fingerprint density at radius 1 is 1.54 bits per heavy atom. The topological polar surface area (TPSA) is 49.8 Å². The van der Waals surface area contributed by atoms with Crippen LogP contribution in [0.1, 0.15) is 5.56 Å². The van der Waals surface area contributed by atoms with Gasteiger partial charge in [0.05, 0.1) is 6.07 Å². The van der Waals surface area contributed by atoms with E-state index in [1.54, 1.807) is 18.2 Å². The van der Waals surface area contributed by atoms with Crippen LogP contribution >= 0.6 is 0 Å².